The summed E-state index contributed by atoms with van der Waals surface area (Å²) in [7, 11) is 0. The van der Waals surface area contributed by atoms with Gasteiger partial charge in [0.25, 0.3) is 5.91 Å². The highest BCUT2D eigenvalue weighted by Crippen LogP contribution is 2.29. The molecule has 0 aliphatic carbocycles. The third-order valence-electron chi connectivity index (χ3n) is 4.36. The molecular weight excluding hydrogens is 252 g/mol. The van der Waals surface area contributed by atoms with Crippen LogP contribution in [0.15, 0.2) is 24.3 Å². The summed E-state index contributed by atoms with van der Waals surface area (Å²) in [5, 5.41) is 3.42. The van der Waals surface area contributed by atoms with E-state index in [1.165, 1.54) is 6.42 Å². The SMILES string of the molecule is CCOc1ccccc1C(=O)N1CCCC2CNCC21. The molecule has 2 unspecified atom stereocenters. The molecule has 1 amide bonds. The molecule has 2 heterocycles. The third-order valence-corrected chi connectivity index (χ3v) is 4.36. The Morgan fingerprint density at radius 3 is 3.10 bits per heavy atom. The number of piperidine rings is 1. The first kappa shape index (κ1) is 13.4. The van der Waals surface area contributed by atoms with E-state index in [4.69, 9.17) is 4.74 Å². The number of amides is 1. The second-order valence-electron chi connectivity index (χ2n) is 5.56. The van der Waals surface area contributed by atoms with Crippen molar-refractivity contribution in [1.82, 2.24) is 10.2 Å². The summed E-state index contributed by atoms with van der Waals surface area (Å²) in [4.78, 5) is 14.9. The van der Waals surface area contributed by atoms with E-state index in [-0.39, 0.29) is 5.91 Å². The van der Waals surface area contributed by atoms with E-state index < -0.39 is 0 Å². The van der Waals surface area contributed by atoms with Crippen molar-refractivity contribution in [2.75, 3.05) is 26.2 Å². The van der Waals surface area contributed by atoms with E-state index in [0.717, 1.165) is 26.1 Å². The Balaban J connectivity index is 1.84. The van der Waals surface area contributed by atoms with E-state index in [0.29, 0.717) is 29.9 Å². The number of para-hydroxylation sites is 1. The topological polar surface area (TPSA) is 41.6 Å². The van der Waals surface area contributed by atoms with Crippen LogP contribution in [0.3, 0.4) is 0 Å². The smallest absolute Gasteiger partial charge is 0.257 e. The summed E-state index contributed by atoms with van der Waals surface area (Å²) in [6, 6.07) is 7.93. The summed E-state index contributed by atoms with van der Waals surface area (Å²) in [5.41, 5.74) is 0.696. The number of nitrogens with one attached hydrogen (secondary N) is 1. The van der Waals surface area contributed by atoms with Crippen molar-refractivity contribution >= 4 is 5.91 Å². The molecule has 1 aromatic rings. The second kappa shape index (κ2) is 5.83. The average molecular weight is 274 g/mol. The molecule has 0 aromatic heterocycles. The fourth-order valence-electron chi connectivity index (χ4n) is 3.40. The van der Waals surface area contributed by atoms with Crippen LogP contribution in [0, 0.1) is 5.92 Å². The number of hydrogen-bond donors (Lipinski definition) is 1. The molecule has 1 aromatic carbocycles. The van der Waals surface area contributed by atoms with E-state index in [9.17, 15) is 4.79 Å². The highest BCUT2D eigenvalue weighted by molar-refractivity contribution is 5.97. The molecule has 1 N–H and O–H groups in total. The maximum Gasteiger partial charge on any atom is 0.257 e. The largest absolute Gasteiger partial charge is 0.493 e. The molecule has 4 nitrogen and oxygen atoms in total. The molecule has 0 spiro atoms. The molecule has 0 bridgehead atoms. The van der Waals surface area contributed by atoms with Gasteiger partial charge in [0.2, 0.25) is 0 Å². The van der Waals surface area contributed by atoms with Crippen LogP contribution in [0.4, 0.5) is 0 Å². The summed E-state index contributed by atoms with van der Waals surface area (Å²) in [6.45, 7) is 5.36. The first-order valence-electron chi connectivity index (χ1n) is 7.54. The van der Waals surface area contributed by atoms with Crippen molar-refractivity contribution < 1.29 is 9.53 Å². The van der Waals surface area contributed by atoms with Gasteiger partial charge in [0.1, 0.15) is 5.75 Å². The van der Waals surface area contributed by atoms with E-state index in [1.54, 1.807) is 0 Å². The molecule has 2 atom stereocenters. The van der Waals surface area contributed by atoms with Gasteiger partial charge in [0, 0.05) is 25.7 Å². The third kappa shape index (κ3) is 2.40. The van der Waals surface area contributed by atoms with Crippen LogP contribution in [-0.4, -0.2) is 43.1 Å². The van der Waals surface area contributed by atoms with Gasteiger partial charge in [-0.1, -0.05) is 12.1 Å². The van der Waals surface area contributed by atoms with Crippen LogP contribution in [0.5, 0.6) is 5.75 Å². The lowest BCUT2D eigenvalue weighted by Gasteiger charge is -2.37. The zero-order valence-electron chi connectivity index (χ0n) is 12.0. The van der Waals surface area contributed by atoms with Crippen molar-refractivity contribution in [3.05, 3.63) is 29.8 Å². The molecule has 4 heteroatoms. The fraction of sp³-hybridized carbons (Fsp3) is 0.562. The highest BCUT2D eigenvalue weighted by Gasteiger charge is 2.38. The number of nitrogens with zero attached hydrogens (tertiary/aromatic N) is 1. The number of carbonyl (C=O) groups excluding carboxylic acids is 1. The van der Waals surface area contributed by atoms with Gasteiger partial charge in [0.15, 0.2) is 0 Å². The predicted molar refractivity (Wildman–Crippen MR) is 78.0 cm³/mol. The summed E-state index contributed by atoms with van der Waals surface area (Å²) >= 11 is 0. The normalized spacial score (nSPS) is 25.4. The minimum atomic E-state index is 0.118. The minimum absolute atomic E-state index is 0.118. The quantitative estimate of drug-likeness (QED) is 0.915. The standard InChI is InChI=1S/C16H22N2O2/c1-2-20-15-8-4-3-7-13(15)16(19)18-9-5-6-12-10-17-11-14(12)18/h3-4,7-8,12,14,17H,2,5-6,9-11H2,1H3. The van der Waals surface area contributed by atoms with Crippen molar-refractivity contribution in [2.45, 2.75) is 25.8 Å². The zero-order chi connectivity index (χ0) is 13.9. The molecule has 2 saturated heterocycles. The van der Waals surface area contributed by atoms with Crippen molar-refractivity contribution in [2.24, 2.45) is 5.92 Å². The summed E-state index contributed by atoms with van der Waals surface area (Å²) < 4.78 is 5.60. The Bertz CT molecular complexity index is 489. The lowest BCUT2D eigenvalue weighted by molar-refractivity contribution is 0.0571. The van der Waals surface area contributed by atoms with Crippen LogP contribution >= 0.6 is 0 Å². The number of benzene rings is 1. The number of likely N-dealkylation sites (tertiary alicyclic amines) is 1. The Hall–Kier alpha value is -1.55. The molecular formula is C16H22N2O2. The van der Waals surface area contributed by atoms with Crippen LogP contribution in [0.25, 0.3) is 0 Å². The maximum atomic E-state index is 12.9. The number of hydrogen-bond acceptors (Lipinski definition) is 3. The van der Waals surface area contributed by atoms with Crippen LogP contribution < -0.4 is 10.1 Å². The molecule has 2 fully saturated rings. The zero-order valence-corrected chi connectivity index (χ0v) is 12.0. The molecule has 2 aliphatic rings. The minimum Gasteiger partial charge on any atom is -0.493 e. The number of ether oxygens (including phenoxy) is 1. The lowest BCUT2D eigenvalue weighted by atomic mass is 9.91. The van der Waals surface area contributed by atoms with Gasteiger partial charge in [-0.05, 0) is 37.8 Å². The highest BCUT2D eigenvalue weighted by atomic mass is 16.5. The predicted octanol–water partition coefficient (Wildman–Crippen LogP) is 1.91. The van der Waals surface area contributed by atoms with Crippen LogP contribution in [0.1, 0.15) is 30.1 Å². The van der Waals surface area contributed by atoms with Crippen molar-refractivity contribution in [1.29, 1.82) is 0 Å². The average Bonchev–Trinajstić information content (AvgIpc) is 2.96. The Labute approximate surface area is 120 Å². The van der Waals surface area contributed by atoms with Gasteiger partial charge < -0.3 is 15.0 Å². The maximum absolute atomic E-state index is 12.9. The molecule has 0 saturated carbocycles. The van der Waals surface area contributed by atoms with Gasteiger partial charge in [-0.3, -0.25) is 4.79 Å². The molecule has 108 valence electrons. The van der Waals surface area contributed by atoms with Gasteiger partial charge in [-0.25, -0.2) is 0 Å². The van der Waals surface area contributed by atoms with Crippen LogP contribution in [0.2, 0.25) is 0 Å². The Morgan fingerprint density at radius 1 is 1.40 bits per heavy atom. The van der Waals surface area contributed by atoms with E-state index in [1.807, 2.05) is 36.1 Å². The van der Waals surface area contributed by atoms with Crippen molar-refractivity contribution in [3.8, 4) is 5.75 Å². The molecule has 20 heavy (non-hydrogen) atoms. The number of carbonyl (C=O) groups is 1. The summed E-state index contributed by atoms with van der Waals surface area (Å²) in [5.74, 6) is 1.44. The van der Waals surface area contributed by atoms with Crippen molar-refractivity contribution in [3.63, 3.8) is 0 Å². The fourth-order valence-corrected chi connectivity index (χ4v) is 3.40. The Morgan fingerprint density at radius 2 is 2.25 bits per heavy atom. The van der Waals surface area contributed by atoms with Gasteiger partial charge in [-0.15, -0.1) is 0 Å². The molecule has 2 aliphatic heterocycles. The van der Waals surface area contributed by atoms with E-state index in [2.05, 4.69) is 5.32 Å². The summed E-state index contributed by atoms with van der Waals surface area (Å²) in [6.07, 6.45) is 2.33. The number of rotatable bonds is 3. The van der Waals surface area contributed by atoms with Gasteiger partial charge in [0.05, 0.1) is 12.2 Å². The first-order chi connectivity index (χ1) is 9.81. The monoisotopic (exact) mass is 274 g/mol. The first-order valence-corrected chi connectivity index (χ1v) is 7.54. The second-order valence-corrected chi connectivity index (χ2v) is 5.56. The number of fused-ring (bicyclic) bond motifs is 1. The van der Waals surface area contributed by atoms with Crippen LogP contribution in [-0.2, 0) is 0 Å². The van der Waals surface area contributed by atoms with Gasteiger partial charge >= 0.3 is 0 Å². The van der Waals surface area contributed by atoms with E-state index >= 15 is 0 Å². The lowest BCUT2D eigenvalue weighted by Crippen LogP contribution is -2.48. The molecule has 0 radical (unpaired) electrons. The Kier molecular flexibility index (Phi) is 3.92. The molecule has 3 rings (SSSR count). The van der Waals surface area contributed by atoms with Gasteiger partial charge in [-0.2, -0.15) is 0 Å².